The van der Waals surface area contributed by atoms with Gasteiger partial charge >= 0.3 is 11.9 Å². The first-order valence-corrected chi connectivity index (χ1v) is 10.2. The summed E-state index contributed by atoms with van der Waals surface area (Å²) in [6.45, 7) is 4.31. The van der Waals surface area contributed by atoms with Gasteiger partial charge in [0.2, 0.25) is 23.6 Å². The Morgan fingerprint density at radius 3 is 1.76 bits per heavy atom. The van der Waals surface area contributed by atoms with E-state index in [1.54, 1.807) is 13.8 Å². The van der Waals surface area contributed by atoms with Gasteiger partial charge in [-0.25, -0.2) is 4.79 Å². The summed E-state index contributed by atoms with van der Waals surface area (Å²) < 4.78 is 0. The Hall–Kier alpha value is -3.26. The summed E-state index contributed by atoms with van der Waals surface area (Å²) in [7, 11) is 0. The highest BCUT2D eigenvalue weighted by Crippen LogP contribution is 2.07. The van der Waals surface area contributed by atoms with Crippen LogP contribution in [0.15, 0.2) is 0 Å². The zero-order chi connectivity index (χ0) is 25.9. The smallest absolute Gasteiger partial charge is 0.328 e. The minimum absolute atomic E-state index is 0.196. The predicted octanol–water partition coefficient (Wildman–Crippen LogP) is -2.98. The van der Waals surface area contributed by atoms with Crippen LogP contribution in [0.5, 0.6) is 0 Å². The summed E-state index contributed by atoms with van der Waals surface area (Å²) in [4.78, 5) is 70.7. The Morgan fingerprint density at radius 1 is 0.788 bits per heavy atom. The third kappa shape index (κ3) is 11.2. The molecule has 0 heterocycles. The second-order valence-corrected chi connectivity index (χ2v) is 7.90. The molecule has 0 aliphatic rings. The predicted molar refractivity (Wildman–Crippen MR) is 113 cm³/mol. The van der Waals surface area contributed by atoms with Gasteiger partial charge in [-0.15, -0.1) is 0 Å². The van der Waals surface area contributed by atoms with E-state index in [2.05, 4.69) is 16.0 Å². The van der Waals surface area contributed by atoms with E-state index in [9.17, 15) is 33.9 Å². The van der Waals surface area contributed by atoms with Gasteiger partial charge in [-0.05, 0) is 25.7 Å². The number of hydrogen-bond acceptors (Lipinski definition) is 8. The molecule has 14 heteroatoms. The maximum absolute atomic E-state index is 12.8. The Morgan fingerprint density at radius 2 is 1.33 bits per heavy atom. The van der Waals surface area contributed by atoms with Crippen molar-refractivity contribution >= 4 is 35.6 Å². The van der Waals surface area contributed by atoms with Crippen LogP contribution in [-0.4, -0.2) is 81.2 Å². The minimum Gasteiger partial charge on any atom is -0.481 e. The van der Waals surface area contributed by atoms with Crippen LogP contribution in [0.2, 0.25) is 0 Å². The van der Waals surface area contributed by atoms with E-state index in [-0.39, 0.29) is 25.7 Å². The maximum Gasteiger partial charge on any atom is 0.328 e. The van der Waals surface area contributed by atoms with E-state index >= 15 is 0 Å². The number of primary amides is 1. The Labute approximate surface area is 190 Å². The Bertz CT molecular complexity index is 741. The van der Waals surface area contributed by atoms with Gasteiger partial charge in [0.1, 0.15) is 12.1 Å². The number of nitrogens with two attached hydrogens (primary N) is 2. The first-order valence-electron chi connectivity index (χ1n) is 10.2. The maximum atomic E-state index is 12.8. The molecule has 0 aliphatic carbocycles. The molecule has 0 aromatic heterocycles. The molecule has 14 nitrogen and oxygen atoms in total. The molecule has 0 aromatic rings. The molecule has 0 saturated heterocycles. The quantitative estimate of drug-likeness (QED) is 0.119. The zero-order valence-electron chi connectivity index (χ0n) is 18.7. The van der Waals surface area contributed by atoms with Crippen molar-refractivity contribution in [2.24, 2.45) is 17.4 Å². The lowest BCUT2D eigenvalue weighted by Crippen LogP contribution is -2.59. The van der Waals surface area contributed by atoms with Crippen LogP contribution >= 0.6 is 0 Å². The molecule has 0 spiro atoms. The van der Waals surface area contributed by atoms with Crippen LogP contribution in [0.1, 0.15) is 46.5 Å². The molecule has 0 fully saturated rings. The van der Waals surface area contributed by atoms with E-state index in [0.717, 1.165) is 0 Å². The number of carbonyl (C=O) groups excluding carboxylic acids is 4. The molecule has 0 rings (SSSR count). The molecule has 0 aromatic carbocycles. The first kappa shape index (κ1) is 29.7. The van der Waals surface area contributed by atoms with Crippen LogP contribution < -0.4 is 27.4 Å². The van der Waals surface area contributed by atoms with Crippen molar-refractivity contribution in [1.29, 1.82) is 0 Å². The summed E-state index contributed by atoms with van der Waals surface area (Å²) in [6.07, 6.45) is -2.50. The number of carbonyl (C=O) groups is 6. The molecule has 0 aliphatic heterocycles. The van der Waals surface area contributed by atoms with Crippen molar-refractivity contribution in [3.8, 4) is 0 Å². The summed E-state index contributed by atoms with van der Waals surface area (Å²) in [5.41, 5.74) is 10.7. The van der Waals surface area contributed by atoms with Gasteiger partial charge in [0.15, 0.2) is 6.04 Å². The highest BCUT2D eigenvalue weighted by Gasteiger charge is 2.33. The Kier molecular flexibility index (Phi) is 12.6. The third-order valence-electron chi connectivity index (χ3n) is 4.61. The van der Waals surface area contributed by atoms with Gasteiger partial charge < -0.3 is 42.7 Å². The van der Waals surface area contributed by atoms with E-state index < -0.39 is 71.8 Å². The fourth-order valence-corrected chi connectivity index (χ4v) is 2.66. The normalized spacial score (nSPS) is 15.5. The molecule has 10 N–H and O–H groups in total. The zero-order valence-corrected chi connectivity index (χ0v) is 18.7. The molecular formula is C19H33N5O9. The average molecular weight is 475 g/mol. The standard InChI is InChI=1S/C19H33N5O9/c1-8(2)14(18(31)24-15(9(3)25)19(32)33)23-17(30)11(5-6-12(21)26)22-16(29)10(20)4-7-13(27)28/h8-11,14-15,25H,4-7,20H2,1-3H3,(H2,21,26)(H,22,29)(H,23,30)(H,24,31)(H,27,28)(H,32,33). The van der Waals surface area contributed by atoms with Crippen molar-refractivity contribution in [2.75, 3.05) is 0 Å². The van der Waals surface area contributed by atoms with Crippen LogP contribution in [0.25, 0.3) is 0 Å². The first-order chi connectivity index (χ1) is 15.2. The van der Waals surface area contributed by atoms with Gasteiger partial charge in [0, 0.05) is 12.8 Å². The summed E-state index contributed by atoms with van der Waals surface area (Å²) in [5.74, 6) is -6.51. The number of aliphatic carboxylic acids is 2. The topological polar surface area (TPSA) is 251 Å². The molecule has 4 amide bonds. The molecule has 5 unspecified atom stereocenters. The second kappa shape index (κ2) is 14.0. The van der Waals surface area contributed by atoms with Gasteiger partial charge in [0.05, 0.1) is 12.1 Å². The number of rotatable bonds is 15. The molecular weight excluding hydrogens is 442 g/mol. The molecule has 0 saturated carbocycles. The largest absolute Gasteiger partial charge is 0.481 e. The molecule has 0 radical (unpaired) electrons. The van der Waals surface area contributed by atoms with Crippen molar-refractivity contribution < 1.29 is 44.1 Å². The monoisotopic (exact) mass is 475 g/mol. The molecule has 5 atom stereocenters. The lowest BCUT2D eigenvalue weighted by molar-refractivity contribution is -0.145. The number of carboxylic acids is 2. The van der Waals surface area contributed by atoms with Crippen LogP contribution in [0.3, 0.4) is 0 Å². The van der Waals surface area contributed by atoms with Gasteiger partial charge in [-0.1, -0.05) is 13.8 Å². The molecule has 33 heavy (non-hydrogen) atoms. The van der Waals surface area contributed by atoms with Crippen molar-refractivity contribution in [3.63, 3.8) is 0 Å². The number of amides is 4. The number of aliphatic hydroxyl groups excluding tert-OH is 1. The van der Waals surface area contributed by atoms with Crippen molar-refractivity contribution in [1.82, 2.24) is 16.0 Å². The van der Waals surface area contributed by atoms with Crippen molar-refractivity contribution in [2.45, 2.75) is 76.7 Å². The minimum atomic E-state index is -1.62. The van der Waals surface area contributed by atoms with Gasteiger partial charge in [-0.3, -0.25) is 24.0 Å². The number of hydrogen-bond donors (Lipinski definition) is 8. The van der Waals surface area contributed by atoms with Gasteiger partial charge in [0.25, 0.3) is 0 Å². The molecule has 0 bridgehead atoms. The fourth-order valence-electron chi connectivity index (χ4n) is 2.66. The van der Waals surface area contributed by atoms with E-state index in [1.807, 2.05) is 0 Å². The Balaban J connectivity index is 5.46. The average Bonchev–Trinajstić information content (AvgIpc) is 2.69. The van der Waals surface area contributed by atoms with Crippen LogP contribution in [0.4, 0.5) is 0 Å². The van der Waals surface area contributed by atoms with E-state index in [4.69, 9.17) is 21.7 Å². The SMILES string of the molecule is CC(C)C(NC(=O)C(CCC(N)=O)NC(=O)C(N)CCC(=O)O)C(=O)NC(C(=O)O)C(C)O. The van der Waals surface area contributed by atoms with Crippen molar-refractivity contribution in [3.05, 3.63) is 0 Å². The highest BCUT2D eigenvalue weighted by atomic mass is 16.4. The summed E-state index contributed by atoms with van der Waals surface area (Å²) in [5, 5.41) is 34.2. The lowest BCUT2D eigenvalue weighted by atomic mass is 10.0. The number of aliphatic hydroxyl groups is 1. The summed E-state index contributed by atoms with van der Waals surface area (Å²) in [6, 6.07) is -5.43. The number of carboxylic acid groups (broad SMARTS) is 2. The molecule has 188 valence electrons. The summed E-state index contributed by atoms with van der Waals surface area (Å²) >= 11 is 0. The van der Waals surface area contributed by atoms with Crippen LogP contribution in [0, 0.1) is 5.92 Å². The van der Waals surface area contributed by atoms with E-state index in [0.29, 0.717) is 0 Å². The van der Waals surface area contributed by atoms with E-state index in [1.165, 1.54) is 6.92 Å². The second-order valence-electron chi connectivity index (χ2n) is 7.90. The number of nitrogens with one attached hydrogen (secondary N) is 3. The van der Waals surface area contributed by atoms with Gasteiger partial charge in [-0.2, -0.15) is 0 Å². The fraction of sp³-hybridized carbons (Fsp3) is 0.684. The highest BCUT2D eigenvalue weighted by molar-refractivity contribution is 5.94. The third-order valence-corrected chi connectivity index (χ3v) is 4.61. The van der Waals surface area contributed by atoms with Crippen LogP contribution in [-0.2, 0) is 28.8 Å². The lowest BCUT2D eigenvalue weighted by Gasteiger charge is -2.27.